The largest absolute Gasteiger partial charge is 0.438 e. The number of halogens is 1. The van der Waals surface area contributed by atoms with Crippen LogP contribution >= 0.6 is 0 Å². The summed E-state index contributed by atoms with van der Waals surface area (Å²) in [5.41, 5.74) is 5.60. The Labute approximate surface area is 57.8 Å². The first-order valence-electron chi connectivity index (χ1n) is 2.76. The fourth-order valence-corrected chi connectivity index (χ4v) is 0.529. The third-order valence-electron chi connectivity index (χ3n) is 0.902. The molecule has 0 fully saturated rings. The van der Waals surface area contributed by atoms with Crippen molar-refractivity contribution < 1.29 is 8.81 Å². The Morgan fingerprint density at radius 2 is 2.50 bits per heavy atom. The number of furan rings is 1. The Morgan fingerprint density at radius 1 is 1.70 bits per heavy atom. The quantitative estimate of drug-likeness (QED) is 0.538. The van der Waals surface area contributed by atoms with E-state index in [0.717, 1.165) is 0 Å². The first-order chi connectivity index (χ1) is 4.83. The summed E-state index contributed by atoms with van der Waals surface area (Å²) < 4.78 is 16.4. The van der Waals surface area contributed by atoms with Crippen molar-refractivity contribution in [3.05, 3.63) is 23.9 Å². The molecule has 0 saturated carbocycles. The fourth-order valence-electron chi connectivity index (χ4n) is 0.529. The second-order valence-electron chi connectivity index (χ2n) is 1.65. The molecular formula is C7H6FNO. The van der Waals surface area contributed by atoms with Gasteiger partial charge in [0.05, 0.1) is 12.1 Å². The first kappa shape index (κ1) is 6.84. The van der Waals surface area contributed by atoms with Crippen molar-refractivity contribution in [2.75, 3.05) is 6.54 Å². The Kier molecular flexibility index (Phi) is 2.08. The zero-order chi connectivity index (χ0) is 7.40. The number of nitrogens with two attached hydrogens (primary N) is 1. The van der Waals surface area contributed by atoms with Crippen LogP contribution in [0.1, 0.15) is 5.56 Å². The van der Waals surface area contributed by atoms with Gasteiger partial charge in [0.2, 0.25) is 0 Å². The second kappa shape index (κ2) is 3.04. The van der Waals surface area contributed by atoms with Gasteiger partial charge in [-0.05, 0) is 0 Å². The molecular weight excluding hydrogens is 133 g/mol. The molecule has 0 bridgehead atoms. The van der Waals surface area contributed by atoms with E-state index in [1.54, 1.807) is 0 Å². The van der Waals surface area contributed by atoms with E-state index in [4.69, 9.17) is 5.73 Å². The van der Waals surface area contributed by atoms with Crippen molar-refractivity contribution in [3.8, 4) is 11.8 Å². The maximum atomic E-state index is 12.1. The molecule has 0 aliphatic rings. The predicted octanol–water partition coefficient (Wildman–Crippen LogP) is 0.729. The molecule has 2 N–H and O–H groups in total. The Balaban J connectivity index is 2.76. The lowest BCUT2D eigenvalue weighted by Crippen LogP contribution is -1.92. The van der Waals surface area contributed by atoms with Crippen LogP contribution in [-0.4, -0.2) is 6.54 Å². The zero-order valence-electron chi connectivity index (χ0n) is 5.23. The lowest BCUT2D eigenvalue weighted by Gasteiger charge is -1.71. The Hall–Kier alpha value is -1.27. The average Bonchev–Trinajstić information content (AvgIpc) is 2.31. The molecule has 1 rings (SSSR count). The van der Waals surface area contributed by atoms with Crippen LogP contribution in [0, 0.1) is 17.9 Å². The molecule has 1 heterocycles. The van der Waals surface area contributed by atoms with Crippen LogP contribution in [0.25, 0.3) is 0 Å². The Morgan fingerprint density at radius 3 is 3.00 bits per heavy atom. The van der Waals surface area contributed by atoms with Crippen LogP contribution in [0.15, 0.2) is 16.7 Å². The highest BCUT2D eigenvalue weighted by Crippen LogP contribution is 2.02. The van der Waals surface area contributed by atoms with Crippen LogP contribution < -0.4 is 5.73 Å². The molecule has 0 aliphatic carbocycles. The molecule has 3 heteroatoms. The smallest absolute Gasteiger partial charge is 0.278 e. The lowest BCUT2D eigenvalue weighted by molar-refractivity contribution is 0.359. The van der Waals surface area contributed by atoms with Crippen molar-refractivity contribution in [2.45, 2.75) is 0 Å². The highest BCUT2D eigenvalue weighted by Gasteiger charge is 1.94. The van der Waals surface area contributed by atoms with Gasteiger partial charge in [-0.15, -0.1) is 0 Å². The highest BCUT2D eigenvalue weighted by molar-refractivity contribution is 5.30. The van der Waals surface area contributed by atoms with Gasteiger partial charge in [0.1, 0.15) is 6.26 Å². The normalized spacial score (nSPS) is 8.60. The molecule has 0 spiro atoms. The van der Waals surface area contributed by atoms with Crippen molar-refractivity contribution in [1.29, 1.82) is 0 Å². The summed E-state index contributed by atoms with van der Waals surface area (Å²) in [5, 5.41) is 0. The molecule has 2 nitrogen and oxygen atoms in total. The molecule has 1 aromatic heterocycles. The molecule has 52 valence electrons. The summed E-state index contributed by atoms with van der Waals surface area (Å²) in [7, 11) is 0. The minimum Gasteiger partial charge on any atom is -0.438 e. The zero-order valence-corrected chi connectivity index (χ0v) is 5.23. The standard InChI is InChI=1S/C7H6FNO/c8-7-4-6(5-10-7)2-1-3-9/h4-5H,3,9H2. The van der Waals surface area contributed by atoms with E-state index in [-0.39, 0.29) is 6.54 Å². The summed E-state index contributed by atoms with van der Waals surface area (Å²) in [5.74, 6) is 5.19. The van der Waals surface area contributed by atoms with Gasteiger partial charge in [0.15, 0.2) is 0 Å². The lowest BCUT2D eigenvalue weighted by atomic mass is 10.3. The summed E-state index contributed by atoms with van der Waals surface area (Å²) in [6.07, 6.45) is 1.25. The second-order valence-corrected chi connectivity index (χ2v) is 1.65. The maximum absolute atomic E-state index is 12.1. The van der Waals surface area contributed by atoms with E-state index in [1.807, 2.05) is 0 Å². The van der Waals surface area contributed by atoms with Crippen LogP contribution in [-0.2, 0) is 0 Å². The van der Waals surface area contributed by atoms with E-state index >= 15 is 0 Å². The van der Waals surface area contributed by atoms with E-state index < -0.39 is 6.01 Å². The van der Waals surface area contributed by atoms with Gasteiger partial charge in [-0.2, -0.15) is 4.39 Å². The summed E-state index contributed by atoms with van der Waals surface area (Å²) in [6, 6.07) is 0.587. The van der Waals surface area contributed by atoms with E-state index in [0.29, 0.717) is 5.56 Å². The van der Waals surface area contributed by atoms with Crippen LogP contribution in [0.3, 0.4) is 0 Å². The third kappa shape index (κ3) is 1.61. The molecule has 0 amide bonds. The molecule has 0 saturated heterocycles. The van der Waals surface area contributed by atoms with Gasteiger partial charge in [-0.25, -0.2) is 0 Å². The molecule has 0 aromatic carbocycles. The van der Waals surface area contributed by atoms with Gasteiger partial charge in [0, 0.05) is 6.07 Å². The molecule has 0 unspecified atom stereocenters. The number of hydrogen-bond donors (Lipinski definition) is 1. The molecule has 0 aliphatic heterocycles. The van der Waals surface area contributed by atoms with Gasteiger partial charge in [-0.1, -0.05) is 11.8 Å². The topological polar surface area (TPSA) is 39.2 Å². The average molecular weight is 139 g/mol. The Bertz CT molecular complexity index is 269. The van der Waals surface area contributed by atoms with E-state index in [9.17, 15) is 4.39 Å². The first-order valence-corrected chi connectivity index (χ1v) is 2.76. The minimum atomic E-state index is -0.624. The highest BCUT2D eigenvalue weighted by atomic mass is 19.1. The van der Waals surface area contributed by atoms with Crippen LogP contribution in [0.4, 0.5) is 4.39 Å². The molecule has 0 atom stereocenters. The molecule has 0 radical (unpaired) electrons. The van der Waals surface area contributed by atoms with Crippen molar-refractivity contribution in [1.82, 2.24) is 0 Å². The summed E-state index contributed by atoms with van der Waals surface area (Å²) >= 11 is 0. The van der Waals surface area contributed by atoms with E-state index in [2.05, 4.69) is 16.3 Å². The number of rotatable bonds is 0. The van der Waals surface area contributed by atoms with Crippen molar-refractivity contribution in [3.63, 3.8) is 0 Å². The van der Waals surface area contributed by atoms with Crippen LogP contribution in [0.5, 0.6) is 0 Å². The minimum absolute atomic E-state index is 0.271. The molecule has 1 aromatic rings. The van der Waals surface area contributed by atoms with E-state index in [1.165, 1.54) is 12.3 Å². The SMILES string of the molecule is NCC#Cc1coc(F)c1. The van der Waals surface area contributed by atoms with Gasteiger partial charge < -0.3 is 10.2 Å². The fraction of sp³-hybridized carbons (Fsp3) is 0.143. The van der Waals surface area contributed by atoms with Gasteiger partial charge in [0.25, 0.3) is 6.01 Å². The number of hydrogen-bond acceptors (Lipinski definition) is 2. The monoisotopic (exact) mass is 139 g/mol. The van der Waals surface area contributed by atoms with Crippen LogP contribution in [0.2, 0.25) is 0 Å². The van der Waals surface area contributed by atoms with Gasteiger partial charge >= 0.3 is 0 Å². The maximum Gasteiger partial charge on any atom is 0.278 e. The van der Waals surface area contributed by atoms with Crippen molar-refractivity contribution in [2.24, 2.45) is 5.73 Å². The predicted molar refractivity (Wildman–Crippen MR) is 34.6 cm³/mol. The van der Waals surface area contributed by atoms with Gasteiger partial charge in [-0.3, -0.25) is 0 Å². The summed E-state index contributed by atoms with van der Waals surface area (Å²) in [4.78, 5) is 0. The van der Waals surface area contributed by atoms with Crippen molar-refractivity contribution >= 4 is 0 Å². The summed E-state index contributed by atoms with van der Waals surface area (Å²) in [6.45, 7) is 0.271. The molecule has 10 heavy (non-hydrogen) atoms. The third-order valence-corrected chi connectivity index (χ3v) is 0.902.